The number of rotatable bonds is 3. The number of nitrogens with one attached hydrogen (secondary N) is 1. The molecule has 86 valence electrons. The Balaban J connectivity index is 1.89. The van der Waals surface area contributed by atoms with Crippen molar-refractivity contribution < 1.29 is 4.74 Å². The van der Waals surface area contributed by atoms with E-state index in [0.29, 0.717) is 5.88 Å². The van der Waals surface area contributed by atoms with Gasteiger partial charge in [0.1, 0.15) is 0 Å². The summed E-state index contributed by atoms with van der Waals surface area (Å²) in [5, 5.41) is 3.28. The van der Waals surface area contributed by atoms with Crippen molar-refractivity contribution in [2.45, 2.75) is 6.54 Å². The lowest BCUT2D eigenvalue weighted by atomic mass is 10.3. The Morgan fingerprint density at radius 1 is 1.50 bits per heavy atom. The molecule has 0 bridgehead atoms. The fraction of sp³-hybridized carbons (Fsp3) is 0.455. The van der Waals surface area contributed by atoms with Gasteiger partial charge >= 0.3 is 0 Å². The highest BCUT2D eigenvalue weighted by Crippen LogP contribution is 2.06. The standard InChI is InChI=1S/C11H16N4O/c1-15-6-5-12-11(15)14-8-9-3-4-10(16-2)13-7-9/h3-4,7H,5-6,8H2,1-2H3,(H,12,14). The number of guanidine groups is 1. The van der Waals surface area contributed by atoms with Gasteiger partial charge in [0, 0.05) is 32.4 Å². The van der Waals surface area contributed by atoms with Gasteiger partial charge in [-0.2, -0.15) is 0 Å². The number of methoxy groups -OCH3 is 1. The van der Waals surface area contributed by atoms with Crippen LogP contribution in [0.5, 0.6) is 5.88 Å². The topological polar surface area (TPSA) is 49.8 Å². The zero-order valence-electron chi connectivity index (χ0n) is 9.60. The summed E-state index contributed by atoms with van der Waals surface area (Å²) in [5.74, 6) is 1.59. The second kappa shape index (κ2) is 4.83. The Hall–Kier alpha value is -1.78. The molecule has 0 fully saturated rings. The molecule has 0 aromatic carbocycles. The van der Waals surface area contributed by atoms with Crippen molar-refractivity contribution in [2.24, 2.45) is 4.99 Å². The molecule has 0 unspecified atom stereocenters. The van der Waals surface area contributed by atoms with Gasteiger partial charge in [-0.3, -0.25) is 4.99 Å². The van der Waals surface area contributed by atoms with Gasteiger partial charge in [0.05, 0.1) is 13.7 Å². The number of hydrogen-bond donors (Lipinski definition) is 1. The highest BCUT2D eigenvalue weighted by atomic mass is 16.5. The van der Waals surface area contributed by atoms with Gasteiger partial charge < -0.3 is 15.0 Å². The van der Waals surface area contributed by atoms with Gasteiger partial charge in [-0.05, 0) is 5.56 Å². The van der Waals surface area contributed by atoms with E-state index in [1.807, 2.05) is 19.2 Å². The number of hydrogen-bond acceptors (Lipinski definition) is 5. The van der Waals surface area contributed by atoms with Gasteiger partial charge in [0.2, 0.25) is 5.88 Å². The van der Waals surface area contributed by atoms with Gasteiger partial charge in [-0.25, -0.2) is 4.98 Å². The van der Waals surface area contributed by atoms with Crippen molar-refractivity contribution in [3.05, 3.63) is 23.9 Å². The van der Waals surface area contributed by atoms with Crippen LogP contribution in [0.2, 0.25) is 0 Å². The van der Waals surface area contributed by atoms with Gasteiger partial charge in [0.15, 0.2) is 5.96 Å². The molecule has 0 atom stereocenters. The van der Waals surface area contributed by atoms with Gasteiger partial charge in [-0.1, -0.05) is 6.07 Å². The molecule has 1 aromatic heterocycles. The molecule has 1 aliphatic heterocycles. The highest BCUT2D eigenvalue weighted by Gasteiger charge is 2.11. The van der Waals surface area contributed by atoms with Crippen LogP contribution in [0.15, 0.2) is 23.3 Å². The molecule has 1 N–H and O–H groups in total. The molecule has 0 aliphatic carbocycles. The molecular weight excluding hydrogens is 204 g/mol. The Labute approximate surface area is 95.2 Å². The van der Waals surface area contributed by atoms with Crippen LogP contribution in [-0.2, 0) is 6.54 Å². The van der Waals surface area contributed by atoms with Crippen LogP contribution in [0, 0.1) is 0 Å². The van der Waals surface area contributed by atoms with Crippen LogP contribution in [-0.4, -0.2) is 43.1 Å². The lowest BCUT2D eigenvalue weighted by Crippen LogP contribution is -2.35. The van der Waals surface area contributed by atoms with Crippen molar-refractivity contribution in [1.82, 2.24) is 15.2 Å². The van der Waals surface area contributed by atoms with E-state index in [2.05, 4.69) is 20.2 Å². The van der Waals surface area contributed by atoms with Crippen molar-refractivity contribution in [3.63, 3.8) is 0 Å². The van der Waals surface area contributed by atoms with E-state index in [-0.39, 0.29) is 0 Å². The maximum atomic E-state index is 5.00. The second-order valence-corrected chi connectivity index (χ2v) is 3.69. The SMILES string of the molecule is COc1ccc(CNC2=NCCN2C)cn1. The quantitative estimate of drug-likeness (QED) is 0.805. The van der Waals surface area contributed by atoms with E-state index >= 15 is 0 Å². The molecule has 0 amide bonds. The van der Waals surface area contributed by atoms with Crippen LogP contribution in [0.3, 0.4) is 0 Å². The van der Waals surface area contributed by atoms with E-state index in [9.17, 15) is 0 Å². The molecule has 0 saturated carbocycles. The predicted octanol–water partition coefficient (Wildman–Crippen LogP) is 0.481. The fourth-order valence-corrected chi connectivity index (χ4v) is 1.54. The van der Waals surface area contributed by atoms with E-state index < -0.39 is 0 Å². The summed E-state index contributed by atoms with van der Waals surface area (Å²) in [7, 11) is 3.65. The molecule has 0 spiro atoms. The predicted molar refractivity (Wildman–Crippen MR) is 62.6 cm³/mol. The van der Waals surface area contributed by atoms with E-state index in [4.69, 9.17) is 4.74 Å². The van der Waals surface area contributed by atoms with Crippen LogP contribution < -0.4 is 10.1 Å². The molecule has 5 nitrogen and oxygen atoms in total. The minimum atomic E-state index is 0.638. The summed E-state index contributed by atoms with van der Waals surface area (Å²) in [6, 6.07) is 3.85. The lowest BCUT2D eigenvalue weighted by Gasteiger charge is -2.15. The normalized spacial score (nSPS) is 14.9. The van der Waals surface area contributed by atoms with Gasteiger partial charge in [-0.15, -0.1) is 0 Å². The fourth-order valence-electron chi connectivity index (χ4n) is 1.54. The third-order valence-electron chi connectivity index (χ3n) is 2.52. The van der Waals surface area contributed by atoms with Crippen LogP contribution in [0.4, 0.5) is 0 Å². The Bertz CT molecular complexity index is 374. The zero-order chi connectivity index (χ0) is 11.4. The van der Waals surface area contributed by atoms with Crippen molar-refractivity contribution >= 4 is 5.96 Å². The first-order valence-corrected chi connectivity index (χ1v) is 5.28. The first-order valence-electron chi connectivity index (χ1n) is 5.28. The molecule has 1 aromatic rings. The second-order valence-electron chi connectivity index (χ2n) is 3.69. The summed E-state index contributed by atoms with van der Waals surface area (Å²) in [5.41, 5.74) is 1.11. The van der Waals surface area contributed by atoms with E-state index in [0.717, 1.165) is 31.2 Å². The Morgan fingerprint density at radius 2 is 2.38 bits per heavy atom. The summed E-state index contributed by atoms with van der Waals surface area (Å²) in [6.45, 7) is 2.60. The zero-order valence-corrected chi connectivity index (χ0v) is 9.60. The van der Waals surface area contributed by atoms with Gasteiger partial charge in [0.25, 0.3) is 0 Å². The van der Waals surface area contributed by atoms with Crippen molar-refractivity contribution in [1.29, 1.82) is 0 Å². The maximum Gasteiger partial charge on any atom is 0.212 e. The average molecular weight is 220 g/mol. The summed E-state index contributed by atoms with van der Waals surface area (Å²) >= 11 is 0. The molecule has 0 saturated heterocycles. The molecule has 2 rings (SSSR count). The van der Waals surface area contributed by atoms with Crippen LogP contribution >= 0.6 is 0 Å². The number of aliphatic imine (C=N–C) groups is 1. The molecule has 2 heterocycles. The monoisotopic (exact) mass is 220 g/mol. The van der Waals surface area contributed by atoms with E-state index in [1.54, 1.807) is 13.3 Å². The molecule has 0 radical (unpaired) electrons. The minimum absolute atomic E-state index is 0.638. The van der Waals surface area contributed by atoms with Crippen molar-refractivity contribution in [3.8, 4) is 5.88 Å². The third-order valence-corrected chi connectivity index (χ3v) is 2.52. The van der Waals surface area contributed by atoms with E-state index in [1.165, 1.54) is 0 Å². The number of pyridine rings is 1. The maximum absolute atomic E-state index is 5.00. The Kier molecular flexibility index (Phi) is 3.24. The highest BCUT2D eigenvalue weighted by molar-refractivity contribution is 5.81. The van der Waals surface area contributed by atoms with Crippen LogP contribution in [0.1, 0.15) is 5.56 Å². The smallest absolute Gasteiger partial charge is 0.212 e. The number of likely N-dealkylation sites (N-methyl/N-ethyl adjacent to an activating group) is 1. The van der Waals surface area contributed by atoms with Crippen LogP contribution in [0.25, 0.3) is 0 Å². The summed E-state index contributed by atoms with van der Waals surface area (Å²) in [6.07, 6.45) is 1.81. The molecular formula is C11H16N4O. The number of aromatic nitrogens is 1. The average Bonchev–Trinajstić information content (AvgIpc) is 2.73. The first-order chi connectivity index (χ1) is 7.79. The lowest BCUT2D eigenvalue weighted by molar-refractivity contribution is 0.397. The third kappa shape index (κ3) is 2.42. The summed E-state index contributed by atoms with van der Waals surface area (Å²) < 4.78 is 5.00. The molecule has 1 aliphatic rings. The largest absolute Gasteiger partial charge is 0.481 e. The summed E-state index contributed by atoms with van der Waals surface area (Å²) in [4.78, 5) is 10.6. The molecule has 5 heteroatoms. The molecule has 16 heavy (non-hydrogen) atoms. The minimum Gasteiger partial charge on any atom is -0.481 e. The number of ether oxygens (including phenoxy) is 1. The first kappa shape index (κ1) is 10.7. The number of nitrogens with zero attached hydrogens (tertiary/aromatic N) is 3. The van der Waals surface area contributed by atoms with Crippen molar-refractivity contribution in [2.75, 3.05) is 27.2 Å². The Morgan fingerprint density at radius 3 is 2.94 bits per heavy atom.